The van der Waals surface area contributed by atoms with Gasteiger partial charge >= 0.3 is 0 Å². The largest absolute Gasteiger partial charge is 0.507 e. The molecule has 2 atom stereocenters. The average Bonchev–Trinajstić information content (AvgIpc) is 2.63. The highest BCUT2D eigenvalue weighted by molar-refractivity contribution is 9.10. The molecule has 1 fully saturated rings. The summed E-state index contributed by atoms with van der Waals surface area (Å²) in [5.74, 6) is -0.592. The molecule has 0 radical (unpaired) electrons. The molecule has 0 aliphatic carbocycles. The Kier molecular flexibility index (Phi) is 4.91. The van der Waals surface area contributed by atoms with E-state index >= 15 is 0 Å². The van der Waals surface area contributed by atoms with Crippen LogP contribution in [0.3, 0.4) is 0 Å². The van der Waals surface area contributed by atoms with Crippen LogP contribution in [0.5, 0.6) is 11.5 Å². The molecule has 28 heavy (non-hydrogen) atoms. The number of benzene rings is 2. The van der Waals surface area contributed by atoms with Gasteiger partial charge in [0, 0.05) is 40.2 Å². The number of aliphatic hydroxyl groups excluding tert-OH is 1. The molecule has 146 valence electrons. The van der Waals surface area contributed by atoms with E-state index < -0.39 is 17.5 Å². The molecule has 1 aliphatic rings. The van der Waals surface area contributed by atoms with Crippen molar-refractivity contribution in [1.82, 2.24) is 4.90 Å². The lowest BCUT2D eigenvalue weighted by Crippen LogP contribution is -2.40. The Bertz CT molecular complexity index is 1090. The fourth-order valence-corrected chi connectivity index (χ4v) is 4.13. The van der Waals surface area contributed by atoms with E-state index in [9.17, 15) is 20.1 Å². The van der Waals surface area contributed by atoms with Crippen molar-refractivity contribution in [2.24, 2.45) is 0 Å². The smallest absolute Gasteiger partial charge is 0.197 e. The third-order valence-corrected chi connectivity index (χ3v) is 5.81. The number of piperidine rings is 1. The van der Waals surface area contributed by atoms with Crippen molar-refractivity contribution in [3.63, 3.8) is 0 Å². The van der Waals surface area contributed by atoms with Gasteiger partial charge in [-0.1, -0.05) is 28.1 Å². The summed E-state index contributed by atoms with van der Waals surface area (Å²) < 4.78 is 6.92. The maximum atomic E-state index is 12.8. The number of fused-ring (bicyclic) bond motifs is 1. The monoisotopic (exact) mass is 445 g/mol. The van der Waals surface area contributed by atoms with E-state index in [0.29, 0.717) is 29.9 Å². The lowest BCUT2D eigenvalue weighted by Gasteiger charge is -2.34. The summed E-state index contributed by atoms with van der Waals surface area (Å²) in [6.45, 7) is 1.18. The van der Waals surface area contributed by atoms with Crippen molar-refractivity contribution in [3.05, 3.63) is 56.7 Å². The Hall–Kier alpha value is -2.35. The fourth-order valence-electron chi connectivity index (χ4n) is 3.86. The quantitative estimate of drug-likeness (QED) is 0.559. The average molecular weight is 446 g/mol. The zero-order chi connectivity index (χ0) is 20.0. The minimum absolute atomic E-state index is 0.0137. The Balaban J connectivity index is 1.96. The third kappa shape index (κ3) is 3.30. The summed E-state index contributed by atoms with van der Waals surface area (Å²) in [5, 5.41) is 31.4. The number of aromatic hydroxyl groups is 2. The lowest BCUT2D eigenvalue weighted by molar-refractivity contribution is 0.0631. The van der Waals surface area contributed by atoms with Crippen LogP contribution in [0.15, 0.2) is 50.1 Å². The standard InChI is InChI=1S/C21H20BrNO5/c1-23-7-6-13(17(27)10-23)19-14(24)8-15(25)20-16(26)9-18(28-21(19)20)11-2-4-12(22)5-3-11/h2-5,8-9,13,17,24-25,27H,6-7,10H2,1H3/t13-,17+/m0/s1. The molecule has 1 saturated heterocycles. The van der Waals surface area contributed by atoms with Crippen LogP contribution >= 0.6 is 15.9 Å². The second kappa shape index (κ2) is 7.24. The van der Waals surface area contributed by atoms with Crippen LogP contribution in [0.1, 0.15) is 17.9 Å². The van der Waals surface area contributed by atoms with Crippen LogP contribution in [-0.4, -0.2) is 46.5 Å². The number of aliphatic hydroxyl groups is 1. The molecule has 0 bridgehead atoms. The van der Waals surface area contributed by atoms with E-state index in [0.717, 1.165) is 17.1 Å². The first-order valence-corrected chi connectivity index (χ1v) is 9.79. The van der Waals surface area contributed by atoms with Gasteiger partial charge in [-0.2, -0.15) is 0 Å². The number of phenols is 2. The van der Waals surface area contributed by atoms with Gasteiger partial charge in [-0.05, 0) is 32.1 Å². The summed E-state index contributed by atoms with van der Waals surface area (Å²) in [6, 6.07) is 9.76. The summed E-state index contributed by atoms with van der Waals surface area (Å²) in [5.41, 5.74) is 0.779. The minimum Gasteiger partial charge on any atom is -0.507 e. The summed E-state index contributed by atoms with van der Waals surface area (Å²) in [7, 11) is 1.92. The highest BCUT2D eigenvalue weighted by Gasteiger charge is 2.33. The van der Waals surface area contributed by atoms with Crippen LogP contribution in [0.25, 0.3) is 22.3 Å². The minimum atomic E-state index is -0.723. The van der Waals surface area contributed by atoms with Gasteiger partial charge in [-0.15, -0.1) is 0 Å². The van der Waals surface area contributed by atoms with Crippen LogP contribution in [0.2, 0.25) is 0 Å². The first kappa shape index (κ1) is 19.0. The van der Waals surface area contributed by atoms with Gasteiger partial charge in [0.25, 0.3) is 0 Å². The number of likely N-dealkylation sites (tertiary alicyclic amines) is 1. The molecule has 7 heteroatoms. The van der Waals surface area contributed by atoms with Gasteiger partial charge in [0.1, 0.15) is 28.2 Å². The zero-order valence-corrected chi connectivity index (χ0v) is 16.8. The predicted octanol–water partition coefficient (Wildman–Crippen LogP) is 3.41. The van der Waals surface area contributed by atoms with Crippen molar-refractivity contribution in [2.75, 3.05) is 20.1 Å². The first-order chi connectivity index (χ1) is 13.3. The molecule has 0 saturated carbocycles. The number of halogens is 1. The molecule has 0 unspecified atom stereocenters. The molecule has 0 spiro atoms. The van der Waals surface area contributed by atoms with Gasteiger partial charge < -0.3 is 24.6 Å². The van der Waals surface area contributed by atoms with Crippen molar-refractivity contribution >= 4 is 26.9 Å². The Morgan fingerprint density at radius 2 is 1.86 bits per heavy atom. The summed E-state index contributed by atoms with van der Waals surface area (Å²) in [6.07, 6.45) is -0.129. The topological polar surface area (TPSA) is 94.1 Å². The van der Waals surface area contributed by atoms with Crippen molar-refractivity contribution in [3.8, 4) is 22.8 Å². The number of phenolic OH excluding ortho intramolecular Hbond substituents is 2. The molecule has 3 N–H and O–H groups in total. The first-order valence-electron chi connectivity index (χ1n) is 9.00. The number of rotatable bonds is 2. The Morgan fingerprint density at radius 3 is 2.54 bits per heavy atom. The molecule has 6 nitrogen and oxygen atoms in total. The molecule has 2 aromatic carbocycles. The summed E-state index contributed by atoms with van der Waals surface area (Å²) in [4.78, 5) is 14.8. The van der Waals surface area contributed by atoms with E-state index in [1.165, 1.54) is 6.07 Å². The van der Waals surface area contributed by atoms with E-state index in [1.54, 1.807) is 12.1 Å². The van der Waals surface area contributed by atoms with E-state index in [-0.39, 0.29) is 22.5 Å². The highest BCUT2D eigenvalue weighted by atomic mass is 79.9. The molecule has 1 aliphatic heterocycles. The Labute approximate surface area is 169 Å². The molecule has 2 heterocycles. The number of β-amino-alcohol motifs (C(OH)–C–C–N with tert-alkyl or cyclic N) is 1. The van der Waals surface area contributed by atoms with Crippen LogP contribution in [0, 0.1) is 0 Å². The highest BCUT2D eigenvalue weighted by Crippen LogP contribution is 2.42. The van der Waals surface area contributed by atoms with Gasteiger partial charge in [0.2, 0.25) is 0 Å². The molecular weight excluding hydrogens is 426 g/mol. The zero-order valence-electron chi connectivity index (χ0n) is 15.2. The van der Waals surface area contributed by atoms with Crippen LogP contribution in [0.4, 0.5) is 0 Å². The molecular formula is C21H20BrNO5. The fraction of sp³-hybridized carbons (Fsp3) is 0.286. The normalized spacial score (nSPS) is 20.5. The number of nitrogens with zero attached hydrogens (tertiary/aromatic N) is 1. The van der Waals surface area contributed by atoms with Crippen LogP contribution in [-0.2, 0) is 0 Å². The maximum Gasteiger partial charge on any atom is 0.197 e. The maximum absolute atomic E-state index is 12.8. The van der Waals surface area contributed by atoms with Crippen molar-refractivity contribution in [1.29, 1.82) is 0 Å². The van der Waals surface area contributed by atoms with E-state index in [4.69, 9.17) is 4.42 Å². The van der Waals surface area contributed by atoms with E-state index in [2.05, 4.69) is 15.9 Å². The van der Waals surface area contributed by atoms with Gasteiger partial charge in [-0.25, -0.2) is 0 Å². The Morgan fingerprint density at radius 1 is 1.14 bits per heavy atom. The number of hydrogen-bond donors (Lipinski definition) is 3. The molecule has 1 aromatic heterocycles. The van der Waals surface area contributed by atoms with E-state index in [1.807, 2.05) is 24.1 Å². The number of hydrogen-bond acceptors (Lipinski definition) is 6. The molecule has 4 rings (SSSR count). The van der Waals surface area contributed by atoms with Crippen LogP contribution < -0.4 is 5.43 Å². The van der Waals surface area contributed by atoms with Gasteiger partial charge in [-0.3, -0.25) is 4.79 Å². The number of likely N-dealkylation sites (N-methyl/N-ethyl adjacent to an activating group) is 1. The van der Waals surface area contributed by atoms with Crippen molar-refractivity contribution < 1.29 is 19.7 Å². The lowest BCUT2D eigenvalue weighted by atomic mass is 9.85. The molecule has 0 amide bonds. The molecule has 3 aromatic rings. The van der Waals surface area contributed by atoms with Gasteiger partial charge in [0.15, 0.2) is 5.43 Å². The predicted molar refractivity (Wildman–Crippen MR) is 110 cm³/mol. The van der Waals surface area contributed by atoms with Crippen molar-refractivity contribution in [2.45, 2.75) is 18.4 Å². The van der Waals surface area contributed by atoms with Gasteiger partial charge in [0.05, 0.1) is 6.10 Å². The summed E-state index contributed by atoms with van der Waals surface area (Å²) >= 11 is 3.38. The second-order valence-corrected chi connectivity index (χ2v) is 8.15. The SMILES string of the molecule is CN1CC[C@H](c2c(O)cc(O)c3c(=O)cc(-c4ccc(Br)cc4)oc23)[C@H](O)C1. The second-order valence-electron chi connectivity index (χ2n) is 7.24. The third-order valence-electron chi connectivity index (χ3n) is 5.28.